The first-order valence-corrected chi connectivity index (χ1v) is 7.07. The van der Waals surface area contributed by atoms with Crippen LogP contribution in [0, 0.1) is 0 Å². The molecule has 0 aromatic carbocycles. The van der Waals surface area contributed by atoms with E-state index in [2.05, 4.69) is 14.6 Å². The van der Waals surface area contributed by atoms with E-state index in [-0.39, 0.29) is 12.5 Å². The summed E-state index contributed by atoms with van der Waals surface area (Å²) in [6.45, 7) is 3.04. The van der Waals surface area contributed by atoms with Gasteiger partial charge in [0.15, 0.2) is 0 Å². The van der Waals surface area contributed by atoms with Gasteiger partial charge in [-0.25, -0.2) is 4.79 Å². The van der Waals surface area contributed by atoms with Crippen molar-refractivity contribution in [1.82, 2.24) is 9.88 Å². The molecule has 2 rings (SSSR count). The molecule has 1 aliphatic carbocycles. The van der Waals surface area contributed by atoms with Crippen LogP contribution in [0.1, 0.15) is 35.8 Å². The van der Waals surface area contributed by atoms with Crippen molar-refractivity contribution in [1.29, 1.82) is 0 Å². The lowest BCUT2D eigenvalue weighted by atomic mass is 10.2. The lowest BCUT2D eigenvalue weighted by Gasteiger charge is -2.20. The van der Waals surface area contributed by atoms with Crippen LogP contribution in [0.3, 0.4) is 0 Å². The first-order valence-electron chi connectivity index (χ1n) is 7.07. The average Bonchev–Trinajstić information content (AvgIpc) is 3.31. The Labute approximate surface area is 124 Å². The molecule has 0 saturated heterocycles. The van der Waals surface area contributed by atoms with Crippen LogP contribution < -0.4 is 0 Å². The van der Waals surface area contributed by atoms with Gasteiger partial charge in [0.25, 0.3) is 0 Å². The smallest absolute Gasteiger partial charge is 0.339 e. The molecular weight excluding hydrogens is 272 g/mol. The van der Waals surface area contributed by atoms with Crippen LogP contribution in [0.4, 0.5) is 0 Å². The normalized spacial score (nSPS) is 14.0. The van der Waals surface area contributed by atoms with Gasteiger partial charge in [0.1, 0.15) is 0 Å². The maximum absolute atomic E-state index is 11.6. The second-order valence-corrected chi connectivity index (χ2v) is 4.97. The zero-order chi connectivity index (χ0) is 15.2. The third-order valence-electron chi connectivity index (χ3n) is 3.31. The van der Waals surface area contributed by atoms with Crippen LogP contribution in [-0.4, -0.2) is 48.1 Å². The van der Waals surface area contributed by atoms with Gasteiger partial charge in [-0.1, -0.05) is 0 Å². The quantitative estimate of drug-likeness (QED) is 0.708. The van der Waals surface area contributed by atoms with Crippen molar-refractivity contribution >= 4 is 11.9 Å². The van der Waals surface area contributed by atoms with E-state index in [0.29, 0.717) is 24.8 Å². The standard InChI is InChI=1S/C15H20N2O4/c1-3-21-14(18)10-17(13-6-7-13)9-12-5-4-11(8-16-12)15(19)20-2/h4-5,8,13H,3,6-7,9-10H2,1-2H3. The third-order valence-corrected chi connectivity index (χ3v) is 3.31. The van der Waals surface area contributed by atoms with E-state index in [1.165, 1.54) is 13.3 Å². The number of aromatic nitrogens is 1. The maximum Gasteiger partial charge on any atom is 0.339 e. The Hall–Kier alpha value is -1.95. The molecule has 1 heterocycles. The predicted octanol–water partition coefficient (Wildman–Crippen LogP) is 1.40. The van der Waals surface area contributed by atoms with Crippen molar-refractivity contribution in [3.05, 3.63) is 29.6 Å². The minimum atomic E-state index is -0.403. The highest BCUT2D eigenvalue weighted by Gasteiger charge is 2.30. The molecule has 1 aromatic rings. The molecule has 114 valence electrons. The Kier molecular flexibility index (Phi) is 5.27. The molecule has 0 aliphatic heterocycles. The zero-order valence-corrected chi connectivity index (χ0v) is 12.4. The number of pyridine rings is 1. The van der Waals surface area contributed by atoms with E-state index in [1.807, 2.05) is 0 Å². The van der Waals surface area contributed by atoms with Crippen molar-refractivity contribution in [3.63, 3.8) is 0 Å². The number of rotatable bonds is 7. The second-order valence-electron chi connectivity index (χ2n) is 4.97. The number of hydrogen-bond acceptors (Lipinski definition) is 6. The van der Waals surface area contributed by atoms with E-state index >= 15 is 0 Å². The molecule has 1 aliphatic rings. The summed E-state index contributed by atoms with van der Waals surface area (Å²) >= 11 is 0. The number of hydrogen-bond donors (Lipinski definition) is 0. The van der Waals surface area contributed by atoms with Crippen LogP contribution in [0.15, 0.2) is 18.3 Å². The molecule has 0 atom stereocenters. The molecule has 0 unspecified atom stereocenters. The van der Waals surface area contributed by atoms with Crippen LogP contribution in [-0.2, 0) is 20.8 Å². The van der Waals surface area contributed by atoms with Gasteiger partial charge in [0, 0.05) is 18.8 Å². The highest BCUT2D eigenvalue weighted by molar-refractivity contribution is 5.88. The largest absolute Gasteiger partial charge is 0.465 e. The summed E-state index contributed by atoms with van der Waals surface area (Å²) in [5.41, 5.74) is 1.24. The number of nitrogens with zero attached hydrogens (tertiary/aromatic N) is 2. The summed E-state index contributed by atoms with van der Waals surface area (Å²) in [7, 11) is 1.34. The molecule has 21 heavy (non-hydrogen) atoms. The molecule has 0 bridgehead atoms. The van der Waals surface area contributed by atoms with E-state index in [0.717, 1.165) is 18.5 Å². The molecule has 0 radical (unpaired) electrons. The van der Waals surface area contributed by atoms with Crippen molar-refractivity contribution in [2.24, 2.45) is 0 Å². The fourth-order valence-corrected chi connectivity index (χ4v) is 2.09. The fraction of sp³-hybridized carbons (Fsp3) is 0.533. The first-order chi connectivity index (χ1) is 10.1. The van der Waals surface area contributed by atoms with Gasteiger partial charge in [-0.05, 0) is 31.9 Å². The number of carbonyl (C=O) groups is 2. The molecule has 1 saturated carbocycles. The number of ether oxygens (including phenoxy) is 2. The Balaban J connectivity index is 1.97. The SMILES string of the molecule is CCOC(=O)CN(Cc1ccc(C(=O)OC)cn1)C1CC1. The minimum Gasteiger partial charge on any atom is -0.465 e. The van der Waals surface area contributed by atoms with Crippen LogP contribution in [0.5, 0.6) is 0 Å². The number of esters is 2. The molecule has 1 fully saturated rings. The Morgan fingerprint density at radius 3 is 2.67 bits per heavy atom. The van der Waals surface area contributed by atoms with Crippen molar-refractivity contribution in [2.45, 2.75) is 32.4 Å². The van der Waals surface area contributed by atoms with Crippen molar-refractivity contribution in [3.8, 4) is 0 Å². The Morgan fingerprint density at radius 2 is 2.14 bits per heavy atom. The van der Waals surface area contributed by atoms with Gasteiger partial charge >= 0.3 is 11.9 Å². The van der Waals surface area contributed by atoms with Crippen molar-refractivity contribution < 1.29 is 19.1 Å². The third kappa shape index (κ3) is 4.53. The molecule has 0 N–H and O–H groups in total. The lowest BCUT2D eigenvalue weighted by molar-refractivity contribution is -0.144. The van der Waals surface area contributed by atoms with Gasteiger partial charge in [-0.3, -0.25) is 14.7 Å². The second kappa shape index (κ2) is 7.17. The zero-order valence-electron chi connectivity index (χ0n) is 12.4. The Bertz CT molecular complexity index is 497. The van der Waals surface area contributed by atoms with Gasteiger partial charge in [-0.2, -0.15) is 0 Å². The minimum absolute atomic E-state index is 0.212. The Morgan fingerprint density at radius 1 is 1.38 bits per heavy atom. The van der Waals surface area contributed by atoms with Gasteiger partial charge < -0.3 is 9.47 Å². The average molecular weight is 292 g/mol. The first kappa shape index (κ1) is 15.4. The van der Waals surface area contributed by atoms with Gasteiger partial charge in [0.05, 0.1) is 31.5 Å². The number of carbonyl (C=O) groups excluding carboxylic acids is 2. The monoisotopic (exact) mass is 292 g/mol. The van der Waals surface area contributed by atoms with Gasteiger partial charge in [-0.15, -0.1) is 0 Å². The highest BCUT2D eigenvalue weighted by Crippen LogP contribution is 2.27. The number of methoxy groups -OCH3 is 1. The summed E-state index contributed by atoms with van der Waals surface area (Å²) in [5, 5.41) is 0. The predicted molar refractivity (Wildman–Crippen MR) is 75.6 cm³/mol. The van der Waals surface area contributed by atoms with E-state index in [9.17, 15) is 9.59 Å². The summed E-state index contributed by atoms with van der Waals surface area (Å²) in [6, 6.07) is 3.90. The topological polar surface area (TPSA) is 68.7 Å². The summed E-state index contributed by atoms with van der Waals surface area (Å²) in [4.78, 5) is 29.3. The summed E-state index contributed by atoms with van der Waals surface area (Å²) in [6.07, 6.45) is 3.69. The van der Waals surface area contributed by atoms with Crippen LogP contribution in [0.2, 0.25) is 0 Å². The maximum atomic E-state index is 11.6. The van der Waals surface area contributed by atoms with Gasteiger partial charge in [0.2, 0.25) is 0 Å². The lowest BCUT2D eigenvalue weighted by Crippen LogP contribution is -2.32. The van der Waals surface area contributed by atoms with E-state index in [1.54, 1.807) is 19.1 Å². The molecule has 1 aromatic heterocycles. The van der Waals surface area contributed by atoms with E-state index in [4.69, 9.17) is 4.74 Å². The highest BCUT2D eigenvalue weighted by atomic mass is 16.5. The fourth-order valence-electron chi connectivity index (χ4n) is 2.09. The van der Waals surface area contributed by atoms with Crippen LogP contribution >= 0.6 is 0 Å². The van der Waals surface area contributed by atoms with E-state index < -0.39 is 5.97 Å². The summed E-state index contributed by atoms with van der Waals surface area (Å²) < 4.78 is 9.63. The molecule has 0 amide bonds. The molecule has 0 spiro atoms. The molecule has 6 heteroatoms. The van der Waals surface area contributed by atoms with Crippen molar-refractivity contribution in [2.75, 3.05) is 20.3 Å². The summed E-state index contributed by atoms with van der Waals surface area (Å²) in [5.74, 6) is -0.616. The molecular formula is C15H20N2O4. The van der Waals surface area contributed by atoms with Crippen LogP contribution in [0.25, 0.3) is 0 Å². The molecule has 6 nitrogen and oxygen atoms in total.